The Morgan fingerprint density at radius 2 is 0.645 bits per heavy atom. The first-order chi connectivity index (χ1) is 52.7. The van der Waals surface area contributed by atoms with E-state index < -0.39 is 0 Å². The van der Waals surface area contributed by atoms with Crippen molar-refractivity contribution in [2.24, 2.45) is 35.5 Å². The van der Waals surface area contributed by atoms with E-state index in [0.717, 1.165) is 108 Å². The molecule has 0 saturated heterocycles. The van der Waals surface area contributed by atoms with E-state index in [4.69, 9.17) is 4.42 Å². The highest BCUT2D eigenvalue weighted by molar-refractivity contribution is 5.39. The third-order valence-electron chi connectivity index (χ3n) is 27.3. The molecule has 20 unspecified atom stereocenters. The maximum atomic E-state index is 10.9. The van der Waals surface area contributed by atoms with Gasteiger partial charge in [0.05, 0.1) is 5.69 Å². The Morgan fingerprint density at radius 3 is 1.09 bits per heavy atom. The monoisotopic (exact) mass is 1490 g/mol. The molecule has 6 aromatic heterocycles. The van der Waals surface area contributed by atoms with Gasteiger partial charge in [0.1, 0.15) is 5.76 Å². The van der Waals surface area contributed by atoms with Crippen LogP contribution in [0.5, 0.6) is 0 Å². The summed E-state index contributed by atoms with van der Waals surface area (Å²) in [5, 5.41) is 10.5. The topological polar surface area (TPSA) is 182 Å². The number of oxazole rings is 1. The Kier molecular flexibility index (Phi) is 28.7. The minimum absolute atomic E-state index is 0.0617. The second-order valence-electron chi connectivity index (χ2n) is 36.6. The summed E-state index contributed by atoms with van der Waals surface area (Å²) in [6.45, 7) is 48.9. The summed E-state index contributed by atoms with van der Waals surface area (Å²) in [5.41, 5.74) is 27.7. The van der Waals surface area contributed by atoms with Crippen LogP contribution in [-0.4, -0.2) is 54.5 Å². The van der Waals surface area contributed by atoms with Crippen molar-refractivity contribution in [3.8, 4) is 0 Å². The molecule has 13 aliphatic rings. The second-order valence-corrected chi connectivity index (χ2v) is 36.6. The van der Waals surface area contributed by atoms with Gasteiger partial charge in [-0.15, -0.1) is 0 Å². The Bertz CT molecular complexity index is 3640. The maximum absolute atomic E-state index is 10.9. The Balaban J connectivity index is 0.000000121. The van der Waals surface area contributed by atoms with Crippen LogP contribution in [0.1, 0.15) is 403 Å². The summed E-state index contributed by atoms with van der Waals surface area (Å²) in [5.74, 6) is 14.6. The molecule has 11 aliphatic carbocycles. The number of pyridine rings is 4. The molecule has 0 fully saturated rings. The molecule has 0 spiro atoms. The number of nitrogens with one attached hydrogen (secondary N) is 6. The van der Waals surface area contributed by atoms with E-state index in [9.17, 15) is 9.59 Å². The first kappa shape index (κ1) is 83.4. The van der Waals surface area contributed by atoms with Gasteiger partial charge in [0, 0.05) is 109 Å². The fourth-order valence-corrected chi connectivity index (χ4v) is 21.8. The number of nitrogens with zero attached hydrogens (tertiary/aromatic N) is 4. The van der Waals surface area contributed by atoms with Crippen molar-refractivity contribution in [1.29, 1.82) is 0 Å². The summed E-state index contributed by atoms with van der Waals surface area (Å²) in [6.07, 6.45) is 32.9. The van der Waals surface area contributed by atoms with Crippen molar-refractivity contribution >= 4 is 0 Å². The Morgan fingerprint density at radius 1 is 0.300 bits per heavy atom. The largest absolute Gasteiger partial charge is 0.416 e. The summed E-state index contributed by atoms with van der Waals surface area (Å²) in [7, 11) is 0. The van der Waals surface area contributed by atoms with Crippen LogP contribution in [0.4, 0.5) is 0 Å². The van der Waals surface area contributed by atoms with Gasteiger partial charge >= 0.3 is 11.4 Å². The minimum Gasteiger partial charge on any atom is -0.412 e. The van der Waals surface area contributed by atoms with Gasteiger partial charge in [-0.25, -0.2) is 9.59 Å². The molecular weight excluding hydrogens is 1350 g/mol. The molecule has 0 amide bonds. The smallest absolute Gasteiger partial charge is 0.412 e. The SMILES string of the molecule is CC1CC(C)C2=C1CCCC2.CC1CC(C)C2=C1CCCN2.CC1CC(C)C2=C1NCCN2.CC1CC(C)c2[nH]c(=O)[nH]c21.CC1CC(C)c2ccccc21.CC1CC(C)c2cnccc21.CC1CC(C)c2cnccc21.CC1CC(C)c2ncccc21.CC1CC(C)c2ncccc21.CC1CC(C)c2oc(=O)[nH]c21. The first-order valence-electron chi connectivity index (χ1n) is 43.5. The summed E-state index contributed by atoms with van der Waals surface area (Å²) in [4.78, 5) is 47.1. The Labute approximate surface area is 662 Å². The zero-order chi connectivity index (χ0) is 78.8. The molecule has 13 nitrogen and oxygen atoms in total. The second kappa shape index (κ2) is 37.9. The van der Waals surface area contributed by atoms with E-state index >= 15 is 0 Å². The van der Waals surface area contributed by atoms with Crippen LogP contribution in [0.25, 0.3) is 0 Å². The number of hydrogen-bond acceptors (Lipinski definition) is 10. The molecule has 110 heavy (non-hydrogen) atoms. The molecule has 0 radical (unpaired) electrons. The lowest BCUT2D eigenvalue weighted by Crippen LogP contribution is -2.35. The number of aromatic amines is 3. The summed E-state index contributed by atoms with van der Waals surface area (Å²) in [6, 6.07) is 21.6. The van der Waals surface area contributed by atoms with Crippen molar-refractivity contribution in [2.75, 3.05) is 19.6 Å². The number of rotatable bonds is 0. The van der Waals surface area contributed by atoms with E-state index in [-0.39, 0.29) is 11.4 Å². The molecule has 13 heteroatoms. The van der Waals surface area contributed by atoms with Crippen molar-refractivity contribution in [3.63, 3.8) is 0 Å². The summed E-state index contributed by atoms with van der Waals surface area (Å²) >= 11 is 0. The number of fused-ring (bicyclic) bond motifs is 7. The highest BCUT2D eigenvalue weighted by Crippen LogP contribution is 2.48. The lowest BCUT2D eigenvalue weighted by Gasteiger charge is -2.21. The lowest BCUT2D eigenvalue weighted by molar-refractivity contribution is 0.441. The van der Waals surface area contributed by atoms with Gasteiger partial charge < -0.3 is 30.3 Å². The van der Waals surface area contributed by atoms with Crippen LogP contribution in [0.3, 0.4) is 0 Å². The summed E-state index contributed by atoms with van der Waals surface area (Å²) < 4.78 is 5.00. The van der Waals surface area contributed by atoms with E-state index in [0.29, 0.717) is 59.2 Å². The number of benzene rings is 1. The van der Waals surface area contributed by atoms with Crippen molar-refractivity contribution < 1.29 is 4.42 Å². The van der Waals surface area contributed by atoms with Crippen LogP contribution < -0.4 is 27.4 Å². The number of hydrogen-bond donors (Lipinski definition) is 6. The predicted molar refractivity (Wildman–Crippen MR) is 456 cm³/mol. The zero-order valence-electron chi connectivity index (χ0n) is 71.2. The highest BCUT2D eigenvalue weighted by Gasteiger charge is 2.35. The van der Waals surface area contributed by atoms with Gasteiger partial charge in [0.2, 0.25) is 0 Å². The lowest BCUT2D eigenvalue weighted by atomic mass is 9.89. The van der Waals surface area contributed by atoms with E-state index in [1.54, 1.807) is 22.4 Å². The average Bonchev–Trinajstić information content (AvgIpc) is 1.64. The van der Waals surface area contributed by atoms with Crippen LogP contribution in [0.2, 0.25) is 0 Å². The standard InChI is InChI=1S/C11H18.C11H14.2C10H13N.C10H17N.2C10H13N.C9H16N2.C8H12N2O.C8H11NO2/c2*1-8-7-9(2)11-6-4-3-5-10(8)11;2*1-7-5-8(2)10-6-11-4-3-9(7)10;3*1-7-6-8(2)10-9(7)4-3-5-11-10;1-6-5-7(2)9-8(6)10-3-4-11-9;1-4-3-5(2)7-6(4)9-8(11)10-7;1-4-3-5(2)7-6(4)9-8(10)11-7/h8-9H,3-7H2,1-2H3;3-6,8-9H,7H2,1-2H3;2*3-4,6-8H,5H2,1-2H3;7-8,11H,3-6H2,1-2H3;2*3-5,7-8H,6H2,1-2H3;6-7,10-11H,3-5H2,1-2H3;4-5H,3H2,1-2H3,(H2,9,10,11);4-5H,3H2,1-2H3,(H,9,10). The average molecular weight is 1490 g/mol. The van der Waals surface area contributed by atoms with Crippen molar-refractivity contribution in [1.82, 2.24) is 50.8 Å². The molecule has 20 rings (SSSR count). The normalized spacial score (nSPS) is 31.1. The predicted octanol–water partition coefficient (Wildman–Crippen LogP) is 23.9. The van der Waals surface area contributed by atoms with Crippen LogP contribution in [0, 0.1) is 35.5 Å². The minimum atomic E-state index is -0.312. The van der Waals surface area contributed by atoms with Crippen LogP contribution >= 0.6 is 0 Å². The number of H-pyrrole nitrogens is 3. The van der Waals surface area contributed by atoms with E-state index in [1.165, 1.54) is 153 Å². The van der Waals surface area contributed by atoms with Crippen LogP contribution in [-0.2, 0) is 0 Å². The van der Waals surface area contributed by atoms with Gasteiger partial charge in [-0.1, -0.05) is 186 Å². The number of aromatic nitrogens is 7. The van der Waals surface area contributed by atoms with E-state index in [2.05, 4.69) is 238 Å². The van der Waals surface area contributed by atoms with Gasteiger partial charge in [-0.3, -0.25) is 24.9 Å². The molecule has 596 valence electrons. The molecule has 7 aromatic rings. The molecule has 20 atom stereocenters. The third-order valence-corrected chi connectivity index (χ3v) is 27.3. The third kappa shape index (κ3) is 19.7. The van der Waals surface area contributed by atoms with Gasteiger partial charge in [-0.2, -0.15) is 0 Å². The highest BCUT2D eigenvalue weighted by atomic mass is 16.4. The molecule has 8 heterocycles. The number of allylic oxidation sites excluding steroid dienone is 6. The van der Waals surface area contributed by atoms with Gasteiger partial charge in [0.15, 0.2) is 0 Å². The molecular formula is C97H140N10O3. The van der Waals surface area contributed by atoms with Crippen molar-refractivity contribution in [2.45, 2.75) is 324 Å². The maximum Gasteiger partial charge on any atom is 0.416 e. The van der Waals surface area contributed by atoms with E-state index in [1.807, 2.05) is 60.5 Å². The zero-order valence-corrected chi connectivity index (χ0v) is 71.2. The molecule has 0 saturated carbocycles. The number of imidazole rings is 1. The Hall–Kier alpha value is -7.54. The first-order valence-corrected chi connectivity index (χ1v) is 43.5. The fourth-order valence-electron chi connectivity index (χ4n) is 21.8. The van der Waals surface area contributed by atoms with Gasteiger partial charge in [0.25, 0.3) is 0 Å². The fraction of sp³-hybridized carbons (Fsp3) is 0.608. The molecule has 1 aromatic carbocycles. The molecule has 2 aliphatic heterocycles. The van der Waals surface area contributed by atoms with Crippen molar-refractivity contribution in [3.05, 3.63) is 231 Å². The molecule has 6 N–H and O–H groups in total. The quantitative estimate of drug-likeness (QED) is 0.0800. The van der Waals surface area contributed by atoms with Gasteiger partial charge in [-0.05, 0) is 284 Å². The van der Waals surface area contributed by atoms with Crippen LogP contribution in [0.15, 0.2) is 146 Å². The molecule has 0 bridgehead atoms.